The number of phosphoric ester groups is 1. The van der Waals surface area contributed by atoms with Crippen molar-refractivity contribution in [1.82, 2.24) is 19.5 Å². The van der Waals surface area contributed by atoms with Crippen LogP contribution in [0.1, 0.15) is 45.8 Å². The SMILES string of the molecule is CCCC(=O)Nc1ncnc2c1[nH]c(=O)n2[C@@H]1O[C@@H]2COP(=O)([O-])O[C@H]2[C@H]1OC(=O)CCC.[Na+]. The Morgan fingerprint density at radius 1 is 1.32 bits per heavy atom. The van der Waals surface area contributed by atoms with E-state index in [0.29, 0.717) is 12.8 Å². The summed E-state index contributed by atoms with van der Waals surface area (Å²) in [5.41, 5.74) is -0.494. The van der Waals surface area contributed by atoms with E-state index in [1.165, 1.54) is 0 Å². The van der Waals surface area contributed by atoms with Crippen molar-refractivity contribution in [3.05, 3.63) is 16.8 Å². The summed E-state index contributed by atoms with van der Waals surface area (Å²) in [6.07, 6.45) is -2.08. The number of amides is 1. The van der Waals surface area contributed by atoms with Gasteiger partial charge in [0.1, 0.15) is 24.1 Å². The molecule has 0 radical (unpaired) electrons. The first-order valence-corrected chi connectivity index (χ1v) is 11.9. The Morgan fingerprint density at radius 2 is 2.06 bits per heavy atom. The minimum absolute atomic E-state index is 0. The van der Waals surface area contributed by atoms with Gasteiger partial charge in [-0.25, -0.2) is 19.3 Å². The quantitative estimate of drug-likeness (QED) is 0.227. The third kappa shape index (κ3) is 5.44. The number of ether oxygens (including phenoxy) is 2. The van der Waals surface area contributed by atoms with Crippen LogP contribution in [0.2, 0.25) is 0 Å². The number of fused-ring (bicyclic) bond motifs is 2. The van der Waals surface area contributed by atoms with Gasteiger partial charge in [-0.1, -0.05) is 13.8 Å². The molecule has 16 heteroatoms. The van der Waals surface area contributed by atoms with E-state index in [1.54, 1.807) is 6.92 Å². The van der Waals surface area contributed by atoms with Gasteiger partial charge in [0.2, 0.25) is 5.91 Å². The van der Waals surface area contributed by atoms with Gasteiger partial charge in [0, 0.05) is 12.8 Å². The molecule has 0 spiro atoms. The molecule has 1 unspecified atom stereocenters. The van der Waals surface area contributed by atoms with Crippen LogP contribution in [0.3, 0.4) is 0 Å². The zero-order chi connectivity index (χ0) is 23.8. The number of anilines is 1. The van der Waals surface area contributed by atoms with E-state index in [2.05, 4.69) is 20.3 Å². The van der Waals surface area contributed by atoms with Crippen molar-refractivity contribution in [2.24, 2.45) is 0 Å². The molecule has 5 atom stereocenters. The second-order valence-corrected chi connectivity index (χ2v) is 8.97. The van der Waals surface area contributed by atoms with E-state index < -0.39 is 44.0 Å². The number of hydrogen-bond acceptors (Lipinski definition) is 11. The Bertz CT molecular complexity index is 1170. The second-order valence-electron chi connectivity index (χ2n) is 7.60. The molecular weight excluding hydrogens is 484 g/mol. The molecule has 2 N–H and O–H groups in total. The Balaban J connectivity index is 0.00000324. The first kappa shape index (κ1) is 27.0. The second kappa shape index (κ2) is 11.0. The molecule has 2 aromatic heterocycles. The predicted octanol–water partition coefficient (Wildman–Crippen LogP) is -2.64. The monoisotopic (exact) mass is 507 g/mol. The van der Waals surface area contributed by atoms with Gasteiger partial charge in [-0.3, -0.25) is 14.2 Å². The Labute approximate surface area is 215 Å². The Hall–Kier alpha value is -1.64. The summed E-state index contributed by atoms with van der Waals surface area (Å²) in [7, 11) is -4.64. The van der Waals surface area contributed by atoms with Crippen LogP contribution in [-0.2, 0) is 32.7 Å². The Morgan fingerprint density at radius 3 is 2.76 bits per heavy atom. The van der Waals surface area contributed by atoms with Crippen molar-refractivity contribution in [2.75, 3.05) is 11.9 Å². The van der Waals surface area contributed by atoms with Gasteiger partial charge in [-0.2, -0.15) is 0 Å². The van der Waals surface area contributed by atoms with E-state index in [9.17, 15) is 23.8 Å². The van der Waals surface area contributed by atoms with Gasteiger partial charge < -0.3 is 33.7 Å². The van der Waals surface area contributed by atoms with Gasteiger partial charge in [0.05, 0.1) is 6.61 Å². The van der Waals surface area contributed by atoms with Crippen LogP contribution in [0.25, 0.3) is 11.2 Å². The molecule has 4 heterocycles. The number of nitrogens with one attached hydrogen (secondary N) is 2. The van der Waals surface area contributed by atoms with Crippen molar-refractivity contribution in [2.45, 2.75) is 64.1 Å². The zero-order valence-corrected chi connectivity index (χ0v) is 21.8. The summed E-state index contributed by atoms with van der Waals surface area (Å²) < 4.78 is 34.0. The molecule has 4 rings (SSSR count). The first-order valence-electron chi connectivity index (χ1n) is 10.5. The number of aromatic nitrogens is 4. The number of hydrogen-bond donors (Lipinski definition) is 2. The van der Waals surface area contributed by atoms with E-state index in [-0.39, 0.29) is 71.9 Å². The van der Waals surface area contributed by atoms with E-state index in [4.69, 9.17) is 18.5 Å². The number of imidazole rings is 1. The van der Waals surface area contributed by atoms with Crippen LogP contribution >= 0.6 is 7.82 Å². The molecule has 34 heavy (non-hydrogen) atoms. The standard InChI is InChI=1S/C18H24N5O9P.Na/c1-3-5-10(24)21-15-12-16(20-8-19-15)23(18(26)22-12)17-14(31-11(25)6-4-2)13-9(30-17)7-29-33(27,28)32-13;/h8-9,13-14,17H,3-7H2,1-2H3,(H,22,26)(H,27,28)(H,19,20,21,24);/q;+1/p-1/t9-,13-,14-,17-;/m1./s1. The van der Waals surface area contributed by atoms with E-state index in [0.717, 1.165) is 10.9 Å². The molecule has 0 bridgehead atoms. The van der Waals surface area contributed by atoms with Crippen LogP contribution in [0.4, 0.5) is 5.82 Å². The van der Waals surface area contributed by atoms with Gasteiger partial charge in [0.25, 0.3) is 7.82 Å². The maximum Gasteiger partial charge on any atom is 1.00 e. The molecule has 2 aliphatic rings. The van der Waals surface area contributed by atoms with Crippen LogP contribution in [0.5, 0.6) is 0 Å². The van der Waals surface area contributed by atoms with Crippen LogP contribution in [-0.4, -0.2) is 56.3 Å². The van der Waals surface area contributed by atoms with Gasteiger partial charge in [-0.05, 0) is 12.8 Å². The van der Waals surface area contributed by atoms with Gasteiger partial charge in [-0.15, -0.1) is 0 Å². The van der Waals surface area contributed by atoms with Crippen molar-refractivity contribution >= 4 is 36.7 Å². The first-order chi connectivity index (χ1) is 15.7. The topological polar surface area (TPSA) is 187 Å². The van der Waals surface area contributed by atoms with Gasteiger partial charge in [0.15, 0.2) is 23.8 Å². The fourth-order valence-corrected chi connectivity index (χ4v) is 4.70. The Kier molecular flexibility index (Phi) is 8.69. The normalized spacial score (nSPS) is 28.2. The summed E-state index contributed by atoms with van der Waals surface area (Å²) >= 11 is 0. The minimum atomic E-state index is -4.64. The summed E-state index contributed by atoms with van der Waals surface area (Å²) in [6, 6.07) is 0. The van der Waals surface area contributed by atoms with Crippen molar-refractivity contribution in [3.8, 4) is 0 Å². The van der Waals surface area contributed by atoms with Crippen molar-refractivity contribution in [1.29, 1.82) is 0 Å². The number of phosphoric acid groups is 1. The number of H-pyrrole nitrogens is 1. The summed E-state index contributed by atoms with van der Waals surface area (Å²) in [4.78, 5) is 59.8. The van der Waals surface area contributed by atoms with Crippen LogP contribution < -0.4 is 45.5 Å². The molecule has 2 fully saturated rings. The number of rotatable bonds is 7. The number of carbonyl (C=O) groups is 2. The molecule has 0 aromatic carbocycles. The van der Waals surface area contributed by atoms with E-state index >= 15 is 0 Å². The summed E-state index contributed by atoms with van der Waals surface area (Å²) in [6.45, 7) is 3.25. The largest absolute Gasteiger partial charge is 1.00 e. The fourth-order valence-electron chi connectivity index (χ4n) is 3.75. The predicted molar refractivity (Wildman–Crippen MR) is 109 cm³/mol. The number of esters is 1. The molecule has 1 amide bonds. The number of carbonyl (C=O) groups excluding carboxylic acids is 2. The fraction of sp³-hybridized carbons (Fsp3) is 0.611. The molecular formula is C18H23N5NaO9P. The smallest absolute Gasteiger partial charge is 0.756 e. The van der Waals surface area contributed by atoms with E-state index in [1.807, 2.05) is 6.92 Å². The molecule has 0 saturated carbocycles. The van der Waals surface area contributed by atoms with Crippen molar-refractivity contribution in [3.63, 3.8) is 0 Å². The van der Waals surface area contributed by atoms with Crippen LogP contribution in [0, 0.1) is 0 Å². The van der Waals surface area contributed by atoms with Crippen molar-refractivity contribution < 1.29 is 67.1 Å². The van der Waals surface area contributed by atoms with Gasteiger partial charge >= 0.3 is 41.2 Å². The minimum Gasteiger partial charge on any atom is -0.756 e. The van der Waals surface area contributed by atoms with Crippen LogP contribution in [0.15, 0.2) is 11.1 Å². The third-order valence-electron chi connectivity index (χ3n) is 5.15. The molecule has 2 aliphatic heterocycles. The maximum atomic E-state index is 12.9. The molecule has 0 aliphatic carbocycles. The number of nitrogens with zero attached hydrogens (tertiary/aromatic N) is 3. The zero-order valence-electron chi connectivity index (χ0n) is 18.9. The molecule has 14 nitrogen and oxygen atoms in total. The molecule has 2 saturated heterocycles. The average Bonchev–Trinajstić information content (AvgIpc) is 3.25. The maximum absolute atomic E-state index is 12.9. The summed E-state index contributed by atoms with van der Waals surface area (Å²) in [5.74, 6) is -0.812. The molecule has 180 valence electrons. The number of aromatic amines is 1. The third-order valence-corrected chi connectivity index (χ3v) is 6.12. The molecule has 2 aromatic rings. The summed E-state index contributed by atoms with van der Waals surface area (Å²) in [5, 5.41) is 2.62. The average molecular weight is 507 g/mol.